The third kappa shape index (κ3) is 6.53. The number of halogens is 2. The molecule has 0 aliphatic rings. The monoisotopic (exact) mass is 369 g/mol. The van der Waals surface area contributed by atoms with Gasteiger partial charge in [-0.1, -0.05) is 30.3 Å². The summed E-state index contributed by atoms with van der Waals surface area (Å²) in [6.45, 7) is 1.32. The van der Waals surface area contributed by atoms with Gasteiger partial charge in [0.15, 0.2) is 0 Å². The van der Waals surface area contributed by atoms with Crippen molar-refractivity contribution in [3.63, 3.8) is 0 Å². The Labute approximate surface area is 146 Å². The average Bonchev–Trinajstić information content (AvgIpc) is 2.56. The highest BCUT2D eigenvalue weighted by Gasteiger charge is 2.24. The third-order valence-corrected chi connectivity index (χ3v) is 5.10. The summed E-state index contributed by atoms with van der Waals surface area (Å²) in [6, 6.07) is 12.2. The van der Waals surface area contributed by atoms with E-state index in [4.69, 9.17) is 0 Å². The molecular formula is C18H21F2NO3S. The summed E-state index contributed by atoms with van der Waals surface area (Å²) in [6.07, 6.45) is 0.946. The Balaban J connectivity index is 1.92. The van der Waals surface area contributed by atoms with Crippen molar-refractivity contribution in [1.82, 2.24) is 4.72 Å². The van der Waals surface area contributed by atoms with E-state index in [2.05, 4.69) is 4.72 Å². The Morgan fingerprint density at radius 1 is 1.12 bits per heavy atom. The smallest absolute Gasteiger partial charge is 0.215 e. The van der Waals surface area contributed by atoms with Crippen molar-refractivity contribution >= 4 is 10.0 Å². The molecule has 0 aromatic heterocycles. The molecule has 7 heteroatoms. The SMILES string of the molecule is CC(O)(CCc1ccccc1)CNS(=O)(=O)Cc1cc(F)ccc1F. The van der Waals surface area contributed by atoms with Crippen LogP contribution in [-0.2, 0) is 22.2 Å². The van der Waals surface area contributed by atoms with Gasteiger partial charge >= 0.3 is 0 Å². The molecule has 0 aliphatic heterocycles. The highest BCUT2D eigenvalue weighted by Crippen LogP contribution is 2.16. The first kappa shape index (κ1) is 19.5. The number of benzene rings is 2. The van der Waals surface area contributed by atoms with Gasteiger partial charge in [-0.15, -0.1) is 0 Å². The van der Waals surface area contributed by atoms with E-state index in [9.17, 15) is 22.3 Å². The number of hydrogen-bond donors (Lipinski definition) is 2. The molecule has 2 aromatic carbocycles. The first-order chi connectivity index (χ1) is 11.7. The van der Waals surface area contributed by atoms with Crippen LogP contribution in [0.15, 0.2) is 48.5 Å². The van der Waals surface area contributed by atoms with Gasteiger partial charge in [0.2, 0.25) is 10.0 Å². The lowest BCUT2D eigenvalue weighted by Crippen LogP contribution is -2.41. The molecule has 0 fully saturated rings. The minimum absolute atomic E-state index is 0.209. The van der Waals surface area contributed by atoms with E-state index < -0.39 is 33.0 Å². The summed E-state index contributed by atoms with van der Waals surface area (Å²) in [4.78, 5) is 0. The predicted molar refractivity (Wildman–Crippen MR) is 92.4 cm³/mol. The average molecular weight is 369 g/mol. The van der Waals surface area contributed by atoms with Crippen molar-refractivity contribution in [2.24, 2.45) is 0 Å². The molecule has 1 atom stereocenters. The fraction of sp³-hybridized carbons (Fsp3) is 0.333. The third-order valence-electron chi connectivity index (χ3n) is 3.82. The summed E-state index contributed by atoms with van der Waals surface area (Å²) in [5.74, 6) is -2.19. The van der Waals surface area contributed by atoms with Gasteiger partial charge in [0, 0.05) is 12.1 Å². The van der Waals surface area contributed by atoms with Gasteiger partial charge in [0.05, 0.1) is 11.4 Å². The van der Waals surface area contributed by atoms with Crippen LogP contribution < -0.4 is 4.72 Å². The van der Waals surface area contributed by atoms with Gasteiger partial charge in [-0.3, -0.25) is 0 Å². The lowest BCUT2D eigenvalue weighted by Gasteiger charge is -2.23. The van der Waals surface area contributed by atoms with Crippen LogP contribution in [-0.4, -0.2) is 25.7 Å². The van der Waals surface area contributed by atoms with Crippen molar-refractivity contribution < 1.29 is 22.3 Å². The molecule has 2 rings (SSSR count). The van der Waals surface area contributed by atoms with Crippen molar-refractivity contribution in [2.45, 2.75) is 31.1 Å². The first-order valence-corrected chi connectivity index (χ1v) is 9.50. The molecule has 4 nitrogen and oxygen atoms in total. The first-order valence-electron chi connectivity index (χ1n) is 7.84. The Kier molecular flexibility index (Phi) is 6.26. The van der Waals surface area contributed by atoms with Crippen LogP contribution >= 0.6 is 0 Å². The molecule has 0 amide bonds. The maximum atomic E-state index is 13.6. The van der Waals surface area contributed by atoms with E-state index in [1.165, 1.54) is 6.92 Å². The highest BCUT2D eigenvalue weighted by atomic mass is 32.2. The predicted octanol–water partition coefficient (Wildman–Crippen LogP) is 2.77. The van der Waals surface area contributed by atoms with E-state index in [1.54, 1.807) is 0 Å². The topological polar surface area (TPSA) is 66.4 Å². The lowest BCUT2D eigenvalue weighted by atomic mass is 9.97. The van der Waals surface area contributed by atoms with Crippen LogP contribution in [0.1, 0.15) is 24.5 Å². The van der Waals surface area contributed by atoms with Crippen molar-refractivity contribution in [3.8, 4) is 0 Å². The molecule has 0 radical (unpaired) electrons. The zero-order chi connectivity index (χ0) is 18.5. The fourth-order valence-electron chi connectivity index (χ4n) is 2.32. The van der Waals surface area contributed by atoms with E-state index in [1.807, 2.05) is 30.3 Å². The molecule has 0 spiro atoms. The summed E-state index contributed by atoms with van der Waals surface area (Å²) >= 11 is 0. The number of aliphatic hydroxyl groups is 1. The maximum absolute atomic E-state index is 13.6. The van der Waals surface area contributed by atoms with Gasteiger partial charge in [0.1, 0.15) is 11.6 Å². The molecule has 1 unspecified atom stereocenters. The van der Waals surface area contributed by atoms with Gasteiger partial charge in [-0.05, 0) is 43.5 Å². The second kappa shape index (κ2) is 8.03. The number of rotatable bonds is 8. The van der Waals surface area contributed by atoms with Gasteiger partial charge < -0.3 is 5.11 Å². The number of hydrogen-bond acceptors (Lipinski definition) is 3. The van der Waals surface area contributed by atoms with Crippen LogP contribution in [0.5, 0.6) is 0 Å². The van der Waals surface area contributed by atoms with Gasteiger partial charge in [-0.2, -0.15) is 0 Å². The second-order valence-electron chi connectivity index (χ2n) is 6.30. The molecule has 0 aliphatic carbocycles. The minimum Gasteiger partial charge on any atom is -0.389 e. The molecule has 0 heterocycles. The molecule has 0 bridgehead atoms. The molecule has 25 heavy (non-hydrogen) atoms. The molecule has 2 aromatic rings. The van der Waals surface area contributed by atoms with Crippen molar-refractivity contribution in [1.29, 1.82) is 0 Å². The van der Waals surface area contributed by atoms with Crippen molar-refractivity contribution in [2.75, 3.05) is 6.54 Å². The van der Waals surface area contributed by atoms with Crippen LogP contribution in [0.3, 0.4) is 0 Å². The van der Waals surface area contributed by atoms with Gasteiger partial charge in [0.25, 0.3) is 0 Å². The Morgan fingerprint density at radius 2 is 1.80 bits per heavy atom. The zero-order valence-electron chi connectivity index (χ0n) is 13.9. The van der Waals surface area contributed by atoms with Crippen molar-refractivity contribution in [3.05, 3.63) is 71.3 Å². The standard InChI is InChI=1S/C18H21F2NO3S/c1-18(22,10-9-14-5-3-2-4-6-14)13-21-25(23,24)12-15-11-16(19)7-8-17(15)20/h2-8,11,21-22H,9-10,12-13H2,1H3. The largest absolute Gasteiger partial charge is 0.389 e. The molecular weight excluding hydrogens is 348 g/mol. The number of aryl methyl sites for hydroxylation is 1. The van der Waals surface area contributed by atoms with Crippen LogP contribution in [0.2, 0.25) is 0 Å². The van der Waals surface area contributed by atoms with Crippen LogP contribution in [0.25, 0.3) is 0 Å². The number of nitrogens with one attached hydrogen (secondary N) is 1. The normalized spacial score (nSPS) is 14.2. The summed E-state index contributed by atoms with van der Waals surface area (Å²) in [5, 5.41) is 10.3. The zero-order valence-corrected chi connectivity index (χ0v) is 14.7. The van der Waals surface area contributed by atoms with Crippen LogP contribution in [0, 0.1) is 11.6 Å². The lowest BCUT2D eigenvalue weighted by molar-refractivity contribution is 0.0565. The number of sulfonamides is 1. The fourth-order valence-corrected chi connectivity index (χ4v) is 3.59. The molecule has 0 saturated carbocycles. The molecule has 0 saturated heterocycles. The van der Waals surface area contributed by atoms with E-state index >= 15 is 0 Å². The second-order valence-corrected chi connectivity index (χ2v) is 8.11. The minimum atomic E-state index is -3.91. The molecule has 136 valence electrons. The summed E-state index contributed by atoms with van der Waals surface area (Å²) in [5.41, 5.74) is -0.479. The Morgan fingerprint density at radius 3 is 2.48 bits per heavy atom. The Bertz CT molecular complexity index is 808. The van der Waals surface area contributed by atoms with Crippen LogP contribution in [0.4, 0.5) is 8.78 Å². The summed E-state index contributed by atoms with van der Waals surface area (Å²) in [7, 11) is -3.91. The summed E-state index contributed by atoms with van der Waals surface area (Å²) < 4.78 is 53.1. The quantitative estimate of drug-likeness (QED) is 0.752. The van der Waals surface area contributed by atoms with Gasteiger partial charge in [-0.25, -0.2) is 21.9 Å². The van der Waals surface area contributed by atoms with E-state index in [0.717, 1.165) is 23.8 Å². The van der Waals surface area contributed by atoms with E-state index in [0.29, 0.717) is 12.8 Å². The molecule has 2 N–H and O–H groups in total. The van der Waals surface area contributed by atoms with E-state index in [-0.39, 0.29) is 12.1 Å². The maximum Gasteiger partial charge on any atom is 0.215 e. The highest BCUT2D eigenvalue weighted by molar-refractivity contribution is 7.88. The Hall–Kier alpha value is -1.83.